The van der Waals surface area contributed by atoms with E-state index in [1.165, 1.54) is 4.31 Å². The average molecular weight is 446 g/mol. The molecule has 8 nitrogen and oxygen atoms in total. The fourth-order valence-electron chi connectivity index (χ4n) is 2.89. The van der Waals surface area contributed by atoms with Crippen molar-refractivity contribution in [2.75, 3.05) is 38.6 Å². The van der Waals surface area contributed by atoms with Crippen molar-refractivity contribution in [1.82, 2.24) is 14.9 Å². The molecule has 0 radical (unpaired) electrons. The number of rotatable bonds is 9. The Morgan fingerprint density at radius 1 is 1.21 bits per heavy atom. The Bertz CT molecular complexity index is 795. The van der Waals surface area contributed by atoms with Gasteiger partial charge < -0.3 is 15.4 Å². The highest BCUT2D eigenvalue weighted by atomic mass is 35.5. The lowest BCUT2D eigenvalue weighted by Crippen LogP contribution is -2.51. The Labute approximate surface area is 177 Å². The van der Waals surface area contributed by atoms with E-state index in [2.05, 4.69) is 10.6 Å². The van der Waals surface area contributed by atoms with Crippen LogP contribution in [0.5, 0.6) is 0 Å². The number of amides is 2. The van der Waals surface area contributed by atoms with Crippen molar-refractivity contribution in [3.8, 4) is 0 Å². The summed E-state index contributed by atoms with van der Waals surface area (Å²) in [7, 11) is -3.46. The van der Waals surface area contributed by atoms with Crippen LogP contribution in [0, 0.1) is 5.92 Å². The van der Waals surface area contributed by atoms with Crippen molar-refractivity contribution < 1.29 is 22.7 Å². The summed E-state index contributed by atoms with van der Waals surface area (Å²) in [4.78, 5) is 25.1. The molecular formula is C19H28ClN3O5S. The van der Waals surface area contributed by atoms with E-state index in [4.69, 9.17) is 16.3 Å². The van der Waals surface area contributed by atoms with Crippen LogP contribution in [0.4, 0.5) is 0 Å². The van der Waals surface area contributed by atoms with Crippen LogP contribution in [-0.2, 0) is 19.6 Å². The summed E-state index contributed by atoms with van der Waals surface area (Å²) in [5.74, 6) is -1.11. The standard InChI is InChI=1S/C19H28ClN3O5S/c1-3-14(2)17(22-18(24)15-4-6-16(20)7-5-15)19(25)21-8-13-29(26,27)23-9-11-28-12-10-23/h4-7,14,17H,3,8-13H2,1-2H3,(H,21,25)(H,22,24). The zero-order valence-electron chi connectivity index (χ0n) is 16.7. The second-order valence-corrected chi connectivity index (χ2v) is 9.49. The zero-order valence-corrected chi connectivity index (χ0v) is 18.3. The van der Waals surface area contributed by atoms with Gasteiger partial charge in [0.05, 0.1) is 19.0 Å². The van der Waals surface area contributed by atoms with Crippen LogP contribution < -0.4 is 10.6 Å². The molecule has 1 saturated heterocycles. The SMILES string of the molecule is CCC(C)C(NC(=O)c1ccc(Cl)cc1)C(=O)NCCS(=O)(=O)N1CCOCC1. The van der Waals surface area contributed by atoms with Gasteiger partial charge in [-0.25, -0.2) is 8.42 Å². The van der Waals surface area contributed by atoms with Crippen molar-refractivity contribution in [2.45, 2.75) is 26.3 Å². The molecule has 2 amide bonds. The molecule has 0 bridgehead atoms. The molecule has 0 aliphatic carbocycles. The van der Waals surface area contributed by atoms with Gasteiger partial charge in [0, 0.05) is 30.2 Å². The lowest BCUT2D eigenvalue weighted by Gasteiger charge is -2.26. The number of carbonyl (C=O) groups is 2. The van der Waals surface area contributed by atoms with Gasteiger partial charge in [-0.3, -0.25) is 9.59 Å². The largest absolute Gasteiger partial charge is 0.379 e. The Morgan fingerprint density at radius 3 is 2.41 bits per heavy atom. The molecule has 0 spiro atoms. The number of hydrogen-bond donors (Lipinski definition) is 2. The quantitative estimate of drug-likeness (QED) is 0.595. The van der Waals surface area contributed by atoms with Gasteiger partial charge in [-0.2, -0.15) is 4.31 Å². The van der Waals surface area contributed by atoms with Crippen molar-refractivity contribution in [2.24, 2.45) is 5.92 Å². The third-order valence-corrected chi connectivity index (χ3v) is 7.04. The van der Waals surface area contributed by atoms with Crippen molar-refractivity contribution in [1.29, 1.82) is 0 Å². The third kappa shape index (κ3) is 6.95. The molecule has 10 heteroatoms. The molecule has 29 heavy (non-hydrogen) atoms. The number of nitrogens with zero attached hydrogens (tertiary/aromatic N) is 1. The summed E-state index contributed by atoms with van der Waals surface area (Å²) in [6.07, 6.45) is 0.672. The molecule has 1 aliphatic heterocycles. The molecule has 0 aromatic heterocycles. The van der Waals surface area contributed by atoms with Gasteiger partial charge in [0.15, 0.2) is 0 Å². The molecular weight excluding hydrogens is 418 g/mol. The van der Waals surface area contributed by atoms with E-state index in [1.807, 2.05) is 13.8 Å². The van der Waals surface area contributed by atoms with Gasteiger partial charge >= 0.3 is 0 Å². The number of benzene rings is 1. The zero-order chi connectivity index (χ0) is 21.4. The molecule has 2 N–H and O–H groups in total. The Hall–Kier alpha value is -1.68. The first kappa shape index (κ1) is 23.6. The number of sulfonamides is 1. The molecule has 162 valence electrons. The maximum absolute atomic E-state index is 12.7. The van der Waals surface area contributed by atoms with Crippen LogP contribution in [0.3, 0.4) is 0 Å². The normalized spacial score (nSPS) is 17.3. The highest BCUT2D eigenvalue weighted by molar-refractivity contribution is 7.89. The third-order valence-electron chi connectivity index (χ3n) is 4.91. The smallest absolute Gasteiger partial charge is 0.251 e. The van der Waals surface area contributed by atoms with Crippen LogP contribution in [0.15, 0.2) is 24.3 Å². The molecule has 1 aromatic carbocycles. The molecule has 2 atom stereocenters. The summed E-state index contributed by atoms with van der Waals surface area (Å²) >= 11 is 5.84. The summed E-state index contributed by atoms with van der Waals surface area (Å²) < 4.78 is 31.2. The van der Waals surface area contributed by atoms with Gasteiger partial charge in [-0.15, -0.1) is 0 Å². The van der Waals surface area contributed by atoms with Crippen LogP contribution in [0.25, 0.3) is 0 Å². The average Bonchev–Trinajstić information content (AvgIpc) is 2.72. The van der Waals surface area contributed by atoms with Gasteiger partial charge in [0.2, 0.25) is 15.9 Å². The van der Waals surface area contributed by atoms with Crippen molar-refractivity contribution >= 4 is 33.4 Å². The molecule has 2 rings (SSSR count). The number of halogens is 1. The number of nitrogens with one attached hydrogen (secondary N) is 2. The summed E-state index contributed by atoms with van der Waals surface area (Å²) in [5.41, 5.74) is 0.394. The Morgan fingerprint density at radius 2 is 1.83 bits per heavy atom. The Kier molecular flexibility index (Phi) is 8.88. The monoisotopic (exact) mass is 445 g/mol. The predicted molar refractivity (Wildman–Crippen MR) is 111 cm³/mol. The predicted octanol–water partition coefficient (Wildman–Crippen LogP) is 1.26. The highest BCUT2D eigenvalue weighted by Crippen LogP contribution is 2.12. The van der Waals surface area contributed by atoms with Gasteiger partial charge in [0.1, 0.15) is 6.04 Å². The number of hydrogen-bond acceptors (Lipinski definition) is 5. The Balaban J connectivity index is 1.94. The maximum Gasteiger partial charge on any atom is 0.251 e. The van der Waals surface area contributed by atoms with Crippen molar-refractivity contribution in [3.05, 3.63) is 34.9 Å². The van der Waals surface area contributed by atoms with Crippen LogP contribution >= 0.6 is 11.6 Å². The van der Waals surface area contributed by atoms with Crippen molar-refractivity contribution in [3.63, 3.8) is 0 Å². The van der Waals surface area contributed by atoms with E-state index >= 15 is 0 Å². The molecule has 1 heterocycles. The highest BCUT2D eigenvalue weighted by Gasteiger charge is 2.28. The lowest BCUT2D eigenvalue weighted by atomic mass is 9.98. The maximum atomic E-state index is 12.7. The fraction of sp³-hybridized carbons (Fsp3) is 0.579. The van der Waals surface area contributed by atoms with E-state index in [0.717, 1.165) is 0 Å². The molecule has 1 fully saturated rings. The minimum Gasteiger partial charge on any atom is -0.379 e. The number of ether oxygens (including phenoxy) is 1. The molecule has 2 unspecified atom stereocenters. The van der Waals surface area contributed by atoms with Gasteiger partial charge in [-0.05, 0) is 30.2 Å². The van der Waals surface area contributed by atoms with Crippen LogP contribution in [0.1, 0.15) is 30.6 Å². The topological polar surface area (TPSA) is 105 Å². The minimum absolute atomic E-state index is 0.0255. The lowest BCUT2D eigenvalue weighted by molar-refractivity contribution is -0.124. The fourth-order valence-corrected chi connectivity index (χ4v) is 4.34. The summed E-state index contributed by atoms with van der Waals surface area (Å²) in [6, 6.07) is 5.60. The van der Waals surface area contributed by atoms with E-state index in [9.17, 15) is 18.0 Å². The molecule has 1 aliphatic rings. The first-order chi connectivity index (χ1) is 13.7. The minimum atomic E-state index is -3.46. The second-order valence-electron chi connectivity index (χ2n) is 6.96. The number of morpholine rings is 1. The summed E-state index contributed by atoms with van der Waals surface area (Å²) in [5, 5.41) is 5.90. The molecule has 1 aromatic rings. The number of carbonyl (C=O) groups excluding carboxylic acids is 2. The van der Waals surface area contributed by atoms with Gasteiger partial charge in [-0.1, -0.05) is 31.9 Å². The summed E-state index contributed by atoms with van der Waals surface area (Å²) in [6.45, 7) is 5.14. The van der Waals surface area contributed by atoms with Gasteiger partial charge in [0.25, 0.3) is 5.91 Å². The molecule has 0 saturated carbocycles. The van der Waals surface area contributed by atoms with Crippen LogP contribution in [-0.4, -0.2) is 69.2 Å². The second kappa shape index (κ2) is 10.9. The van der Waals surface area contributed by atoms with E-state index in [0.29, 0.717) is 43.3 Å². The van der Waals surface area contributed by atoms with E-state index < -0.39 is 22.0 Å². The first-order valence-electron chi connectivity index (χ1n) is 9.64. The first-order valence-corrected chi connectivity index (χ1v) is 11.6. The van der Waals surface area contributed by atoms with Crippen LogP contribution in [0.2, 0.25) is 5.02 Å². The van der Waals surface area contributed by atoms with E-state index in [1.54, 1.807) is 24.3 Å². The van der Waals surface area contributed by atoms with E-state index in [-0.39, 0.29) is 24.1 Å².